The standard InChI is InChI=1S/C61H40N2/c1-4-19-41(20-5-1)42-35-37-45(38-36-42)62(57-40-39-46(43-21-6-2-7-22-43)60-59(57)50-28-13-17-33-55(50)63(60)44-23-8-3-9-24-44)56-34-18-32-54-58(56)49-27-12-16-31-53(49)61(54)51-29-14-10-25-47(51)48-26-11-15-30-52(48)61/h1-40H. The lowest BCUT2D eigenvalue weighted by atomic mass is 9.70. The third-order valence-electron chi connectivity index (χ3n) is 13.6. The maximum atomic E-state index is 2.55. The second-order valence-electron chi connectivity index (χ2n) is 16.7. The molecule has 13 rings (SSSR count). The average molecular weight is 801 g/mol. The lowest BCUT2D eigenvalue weighted by Gasteiger charge is -2.32. The number of anilines is 3. The van der Waals surface area contributed by atoms with Crippen molar-refractivity contribution < 1.29 is 0 Å². The Hall–Kier alpha value is -8.20. The molecule has 0 saturated carbocycles. The highest BCUT2D eigenvalue weighted by Crippen LogP contribution is 2.65. The zero-order chi connectivity index (χ0) is 41.5. The van der Waals surface area contributed by atoms with Gasteiger partial charge in [-0.1, -0.05) is 200 Å². The Bertz CT molecular complexity index is 3500. The number of para-hydroxylation sites is 2. The highest BCUT2D eigenvalue weighted by Gasteiger charge is 2.52. The van der Waals surface area contributed by atoms with Gasteiger partial charge in [-0.15, -0.1) is 0 Å². The van der Waals surface area contributed by atoms with Gasteiger partial charge < -0.3 is 9.47 Å². The molecule has 294 valence electrons. The maximum Gasteiger partial charge on any atom is 0.0726 e. The van der Waals surface area contributed by atoms with Gasteiger partial charge in [0.15, 0.2) is 0 Å². The van der Waals surface area contributed by atoms with Gasteiger partial charge in [-0.2, -0.15) is 0 Å². The minimum Gasteiger partial charge on any atom is -0.309 e. The first kappa shape index (κ1) is 35.5. The fraction of sp³-hybridized carbons (Fsp3) is 0.0164. The minimum absolute atomic E-state index is 0.465. The Labute approximate surface area is 367 Å². The van der Waals surface area contributed by atoms with E-state index in [1.807, 2.05) is 0 Å². The molecule has 2 aliphatic rings. The summed E-state index contributed by atoms with van der Waals surface area (Å²) < 4.78 is 2.47. The lowest BCUT2D eigenvalue weighted by Crippen LogP contribution is -2.26. The Morgan fingerprint density at radius 2 is 0.857 bits per heavy atom. The first-order valence-corrected chi connectivity index (χ1v) is 21.9. The normalized spacial score (nSPS) is 12.9. The van der Waals surface area contributed by atoms with Gasteiger partial charge in [0.25, 0.3) is 0 Å². The summed E-state index contributed by atoms with van der Waals surface area (Å²) in [6, 6.07) is 89.5. The molecular weight excluding hydrogens is 761 g/mol. The molecule has 2 heteroatoms. The van der Waals surface area contributed by atoms with Crippen LogP contribution in [-0.2, 0) is 5.41 Å². The van der Waals surface area contributed by atoms with Crippen LogP contribution in [-0.4, -0.2) is 4.57 Å². The van der Waals surface area contributed by atoms with Crippen molar-refractivity contribution in [3.05, 3.63) is 265 Å². The van der Waals surface area contributed by atoms with Gasteiger partial charge in [-0.3, -0.25) is 0 Å². The van der Waals surface area contributed by atoms with Crippen LogP contribution in [0.15, 0.2) is 243 Å². The molecule has 11 aromatic rings. The fourth-order valence-electron chi connectivity index (χ4n) is 11.1. The van der Waals surface area contributed by atoms with E-state index in [0.717, 1.165) is 22.7 Å². The quantitative estimate of drug-likeness (QED) is 0.163. The Morgan fingerprint density at radius 1 is 0.333 bits per heavy atom. The SMILES string of the molecule is c1ccc(-c2ccc(N(c3cccc4c3-c3ccccc3C43c4ccccc4-c4ccccc43)c3ccc(-c4ccccc4)c4c3c3ccccc3n4-c3ccccc3)cc2)cc1. The van der Waals surface area contributed by atoms with E-state index < -0.39 is 5.41 Å². The molecule has 63 heavy (non-hydrogen) atoms. The monoisotopic (exact) mass is 800 g/mol. The van der Waals surface area contributed by atoms with Gasteiger partial charge in [0.2, 0.25) is 0 Å². The predicted molar refractivity (Wildman–Crippen MR) is 263 cm³/mol. The molecule has 0 atom stereocenters. The van der Waals surface area contributed by atoms with E-state index in [4.69, 9.17) is 0 Å². The van der Waals surface area contributed by atoms with Crippen molar-refractivity contribution in [2.24, 2.45) is 0 Å². The zero-order valence-electron chi connectivity index (χ0n) is 34.5. The fourth-order valence-corrected chi connectivity index (χ4v) is 11.1. The van der Waals surface area contributed by atoms with E-state index in [-0.39, 0.29) is 0 Å². The molecule has 2 nitrogen and oxygen atoms in total. The van der Waals surface area contributed by atoms with E-state index in [1.165, 1.54) is 88.6 Å². The van der Waals surface area contributed by atoms with Crippen LogP contribution >= 0.6 is 0 Å². The molecular formula is C61H40N2. The first-order valence-electron chi connectivity index (χ1n) is 21.9. The minimum atomic E-state index is -0.465. The van der Waals surface area contributed by atoms with E-state index in [2.05, 4.69) is 252 Å². The van der Waals surface area contributed by atoms with Crippen molar-refractivity contribution in [1.82, 2.24) is 4.57 Å². The summed E-state index contributed by atoms with van der Waals surface area (Å²) >= 11 is 0. The molecule has 0 aliphatic heterocycles. The van der Waals surface area contributed by atoms with Gasteiger partial charge in [0.05, 0.1) is 27.8 Å². The number of fused-ring (bicyclic) bond motifs is 13. The third-order valence-corrected chi connectivity index (χ3v) is 13.6. The number of aromatic nitrogens is 1. The highest BCUT2D eigenvalue weighted by atomic mass is 15.2. The van der Waals surface area contributed by atoms with Crippen LogP contribution in [0.25, 0.3) is 72.0 Å². The van der Waals surface area contributed by atoms with Crippen LogP contribution in [0.5, 0.6) is 0 Å². The summed E-state index contributed by atoms with van der Waals surface area (Å²) in [5, 5.41) is 2.41. The Balaban J connectivity index is 1.16. The topological polar surface area (TPSA) is 8.17 Å². The number of rotatable bonds is 6. The molecule has 0 bridgehead atoms. The van der Waals surface area contributed by atoms with Crippen LogP contribution in [0, 0.1) is 0 Å². The van der Waals surface area contributed by atoms with Gasteiger partial charge in [-0.05, 0) is 98.1 Å². The van der Waals surface area contributed by atoms with E-state index in [0.29, 0.717) is 0 Å². The van der Waals surface area contributed by atoms with Crippen LogP contribution < -0.4 is 4.90 Å². The Kier molecular flexibility index (Phi) is 7.85. The lowest BCUT2D eigenvalue weighted by molar-refractivity contribution is 0.794. The molecule has 0 saturated heterocycles. The largest absolute Gasteiger partial charge is 0.309 e. The van der Waals surface area contributed by atoms with Gasteiger partial charge in [-0.25, -0.2) is 0 Å². The van der Waals surface area contributed by atoms with Crippen molar-refractivity contribution in [3.8, 4) is 50.2 Å². The molecule has 2 aliphatic carbocycles. The summed E-state index contributed by atoms with van der Waals surface area (Å²) in [5.41, 5.74) is 21.6. The molecule has 0 amide bonds. The summed E-state index contributed by atoms with van der Waals surface area (Å²) in [6.45, 7) is 0. The first-order chi connectivity index (χ1) is 31.3. The van der Waals surface area contributed by atoms with Crippen molar-refractivity contribution in [2.45, 2.75) is 5.41 Å². The highest BCUT2D eigenvalue weighted by molar-refractivity contribution is 6.21. The van der Waals surface area contributed by atoms with Crippen LogP contribution in [0.4, 0.5) is 17.1 Å². The van der Waals surface area contributed by atoms with Crippen LogP contribution in [0.3, 0.4) is 0 Å². The van der Waals surface area contributed by atoms with Crippen molar-refractivity contribution in [3.63, 3.8) is 0 Å². The number of nitrogens with zero attached hydrogens (tertiary/aromatic N) is 2. The van der Waals surface area contributed by atoms with Gasteiger partial charge in [0, 0.05) is 33.3 Å². The smallest absolute Gasteiger partial charge is 0.0726 e. The summed E-state index contributed by atoms with van der Waals surface area (Å²) in [5.74, 6) is 0. The van der Waals surface area contributed by atoms with Crippen LogP contribution in [0.2, 0.25) is 0 Å². The van der Waals surface area contributed by atoms with E-state index >= 15 is 0 Å². The molecule has 1 spiro atoms. The molecule has 10 aromatic carbocycles. The average Bonchev–Trinajstić information content (AvgIpc) is 3.98. The summed E-state index contributed by atoms with van der Waals surface area (Å²) in [4.78, 5) is 2.55. The molecule has 0 N–H and O–H groups in total. The van der Waals surface area contributed by atoms with Crippen molar-refractivity contribution in [1.29, 1.82) is 0 Å². The summed E-state index contributed by atoms with van der Waals surface area (Å²) in [6.07, 6.45) is 0. The molecule has 1 aromatic heterocycles. The van der Waals surface area contributed by atoms with Gasteiger partial charge >= 0.3 is 0 Å². The predicted octanol–water partition coefficient (Wildman–Crippen LogP) is 15.9. The zero-order valence-corrected chi connectivity index (χ0v) is 34.5. The number of hydrogen-bond donors (Lipinski definition) is 0. The van der Waals surface area contributed by atoms with Crippen LogP contribution in [0.1, 0.15) is 22.3 Å². The number of benzene rings is 10. The Morgan fingerprint density at radius 3 is 1.54 bits per heavy atom. The van der Waals surface area contributed by atoms with E-state index in [9.17, 15) is 0 Å². The molecule has 1 heterocycles. The third kappa shape index (κ3) is 5.07. The van der Waals surface area contributed by atoms with Gasteiger partial charge in [0.1, 0.15) is 0 Å². The maximum absolute atomic E-state index is 2.55. The van der Waals surface area contributed by atoms with Crippen molar-refractivity contribution in [2.75, 3.05) is 4.90 Å². The molecule has 0 fully saturated rings. The number of hydrogen-bond acceptors (Lipinski definition) is 1. The second kappa shape index (κ2) is 13.9. The van der Waals surface area contributed by atoms with Crippen molar-refractivity contribution >= 4 is 38.9 Å². The summed E-state index contributed by atoms with van der Waals surface area (Å²) in [7, 11) is 0. The van der Waals surface area contributed by atoms with E-state index in [1.54, 1.807) is 0 Å². The molecule has 0 unspecified atom stereocenters. The molecule has 0 radical (unpaired) electrons. The second-order valence-corrected chi connectivity index (χ2v) is 16.7.